The highest BCUT2D eigenvalue weighted by Crippen LogP contribution is 2.22. The summed E-state index contributed by atoms with van der Waals surface area (Å²) < 4.78 is 0. The number of benzene rings is 1. The largest absolute Gasteiger partial charge is 0.332 e. The van der Waals surface area contributed by atoms with E-state index in [2.05, 4.69) is 0 Å². The quantitative estimate of drug-likeness (QED) is 0.733. The van der Waals surface area contributed by atoms with Crippen molar-refractivity contribution in [1.29, 1.82) is 0 Å². The number of carbonyl (C=O) groups excluding carboxylic acids is 2. The second kappa shape index (κ2) is 4.20. The predicted octanol–water partition coefficient (Wildman–Crippen LogP) is 2.17. The van der Waals surface area contributed by atoms with Gasteiger partial charge in [-0.15, -0.1) is 0 Å². The molecule has 90 valence electrons. The van der Waals surface area contributed by atoms with Gasteiger partial charge in [-0.1, -0.05) is 17.7 Å². The minimum absolute atomic E-state index is 0.0434. The fraction of sp³-hybridized carbons (Fsp3) is 0.385. The van der Waals surface area contributed by atoms with Crippen molar-refractivity contribution < 1.29 is 9.59 Å². The lowest BCUT2D eigenvalue weighted by Gasteiger charge is -2.20. The van der Waals surface area contributed by atoms with Gasteiger partial charge in [-0.3, -0.25) is 4.79 Å². The number of urea groups is 1. The first kappa shape index (κ1) is 11.6. The van der Waals surface area contributed by atoms with Crippen molar-refractivity contribution in [3.05, 3.63) is 29.8 Å². The molecule has 1 saturated heterocycles. The molecule has 2 rings (SSSR count). The highest BCUT2D eigenvalue weighted by molar-refractivity contribution is 6.19. The molecule has 0 unspecified atom stereocenters. The molecule has 1 aromatic rings. The molecule has 1 aliphatic rings. The van der Waals surface area contributed by atoms with Crippen molar-refractivity contribution in [3.63, 3.8) is 0 Å². The van der Waals surface area contributed by atoms with E-state index in [1.165, 1.54) is 4.90 Å². The first-order valence-electron chi connectivity index (χ1n) is 5.71. The van der Waals surface area contributed by atoms with Gasteiger partial charge in [0.15, 0.2) is 0 Å². The minimum Gasteiger partial charge on any atom is -0.312 e. The van der Waals surface area contributed by atoms with E-state index in [4.69, 9.17) is 0 Å². The van der Waals surface area contributed by atoms with E-state index in [9.17, 15) is 9.59 Å². The monoisotopic (exact) mass is 232 g/mol. The summed E-state index contributed by atoms with van der Waals surface area (Å²) in [4.78, 5) is 26.7. The van der Waals surface area contributed by atoms with Crippen LogP contribution in [-0.2, 0) is 4.79 Å². The molecule has 1 fully saturated rings. The molecule has 0 aromatic heterocycles. The SMILES string of the molecule is Cc1ccc(N2C(=O)CN(C(C)C)C2=O)cc1. The number of amides is 3. The van der Waals surface area contributed by atoms with E-state index in [-0.39, 0.29) is 24.5 Å². The third-order valence-corrected chi connectivity index (χ3v) is 2.91. The summed E-state index contributed by atoms with van der Waals surface area (Å²) in [5, 5.41) is 0. The van der Waals surface area contributed by atoms with Crippen molar-refractivity contribution in [1.82, 2.24) is 4.90 Å². The Morgan fingerprint density at radius 2 is 1.71 bits per heavy atom. The van der Waals surface area contributed by atoms with E-state index in [0.29, 0.717) is 5.69 Å². The molecule has 0 aliphatic carbocycles. The number of hydrogen-bond donors (Lipinski definition) is 0. The Hall–Kier alpha value is -1.84. The van der Waals surface area contributed by atoms with Crippen LogP contribution in [-0.4, -0.2) is 29.4 Å². The van der Waals surface area contributed by atoms with Crippen LogP contribution in [0.25, 0.3) is 0 Å². The molecule has 1 heterocycles. The third kappa shape index (κ3) is 2.02. The molecule has 17 heavy (non-hydrogen) atoms. The van der Waals surface area contributed by atoms with Crippen LogP contribution < -0.4 is 4.90 Å². The number of hydrogen-bond acceptors (Lipinski definition) is 2. The molecule has 3 amide bonds. The standard InChI is InChI=1S/C13H16N2O2/c1-9(2)14-8-12(16)15(13(14)17)11-6-4-10(3)5-7-11/h4-7,9H,8H2,1-3H3. The van der Waals surface area contributed by atoms with E-state index in [1.807, 2.05) is 32.9 Å². The van der Waals surface area contributed by atoms with Crippen LogP contribution in [0.1, 0.15) is 19.4 Å². The van der Waals surface area contributed by atoms with Crippen LogP contribution in [0.4, 0.5) is 10.5 Å². The highest BCUT2D eigenvalue weighted by atomic mass is 16.2. The molecule has 0 saturated carbocycles. The maximum atomic E-state index is 12.1. The topological polar surface area (TPSA) is 40.6 Å². The number of anilines is 1. The van der Waals surface area contributed by atoms with Gasteiger partial charge in [0, 0.05) is 6.04 Å². The summed E-state index contributed by atoms with van der Waals surface area (Å²) in [5.41, 5.74) is 1.75. The van der Waals surface area contributed by atoms with Gasteiger partial charge < -0.3 is 4.90 Å². The highest BCUT2D eigenvalue weighted by Gasteiger charge is 2.38. The van der Waals surface area contributed by atoms with Crippen molar-refractivity contribution in [2.45, 2.75) is 26.8 Å². The molecule has 0 radical (unpaired) electrons. The number of carbonyl (C=O) groups is 2. The van der Waals surface area contributed by atoms with Gasteiger partial charge in [0.2, 0.25) is 0 Å². The lowest BCUT2D eigenvalue weighted by Crippen LogP contribution is -2.36. The Morgan fingerprint density at radius 1 is 1.12 bits per heavy atom. The van der Waals surface area contributed by atoms with Gasteiger partial charge in [-0.2, -0.15) is 0 Å². The Balaban J connectivity index is 2.30. The predicted molar refractivity (Wildman–Crippen MR) is 65.9 cm³/mol. The van der Waals surface area contributed by atoms with Crippen LogP contribution in [0.3, 0.4) is 0 Å². The summed E-state index contributed by atoms with van der Waals surface area (Å²) in [5.74, 6) is -0.160. The second-order valence-corrected chi connectivity index (χ2v) is 4.57. The van der Waals surface area contributed by atoms with Crippen molar-refractivity contribution in [2.75, 3.05) is 11.4 Å². The number of rotatable bonds is 2. The van der Waals surface area contributed by atoms with E-state index < -0.39 is 0 Å². The summed E-state index contributed by atoms with van der Waals surface area (Å²) in [7, 11) is 0. The lowest BCUT2D eigenvalue weighted by atomic mass is 10.2. The Kier molecular flexibility index (Phi) is 2.88. The van der Waals surface area contributed by atoms with Gasteiger partial charge in [0.25, 0.3) is 5.91 Å². The second-order valence-electron chi connectivity index (χ2n) is 4.57. The van der Waals surface area contributed by atoms with Gasteiger partial charge in [-0.05, 0) is 32.9 Å². The lowest BCUT2D eigenvalue weighted by molar-refractivity contribution is -0.116. The van der Waals surface area contributed by atoms with Crippen LogP contribution in [0.2, 0.25) is 0 Å². The number of aryl methyl sites for hydroxylation is 1. The zero-order chi connectivity index (χ0) is 12.6. The van der Waals surface area contributed by atoms with E-state index in [0.717, 1.165) is 5.56 Å². The third-order valence-electron chi connectivity index (χ3n) is 2.91. The van der Waals surface area contributed by atoms with Crippen molar-refractivity contribution >= 4 is 17.6 Å². The van der Waals surface area contributed by atoms with Gasteiger partial charge in [0.05, 0.1) is 5.69 Å². The summed E-state index contributed by atoms with van der Waals surface area (Å²) >= 11 is 0. The average molecular weight is 232 g/mol. The molecule has 0 spiro atoms. The fourth-order valence-corrected chi connectivity index (χ4v) is 1.87. The first-order chi connectivity index (χ1) is 8.00. The Morgan fingerprint density at radius 3 is 2.18 bits per heavy atom. The molecular formula is C13H16N2O2. The molecular weight excluding hydrogens is 216 g/mol. The molecule has 4 heteroatoms. The maximum absolute atomic E-state index is 12.1. The summed E-state index contributed by atoms with van der Waals surface area (Å²) in [6.45, 7) is 5.95. The Labute approximate surface area is 101 Å². The molecule has 0 N–H and O–H groups in total. The number of imide groups is 1. The molecule has 0 bridgehead atoms. The van der Waals surface area contributed by atoms with Crippen LogP contribution in [0.5, 0.6) is 0 Å². The molecule has 4 nitrogen and oxygen atoms in total. The maximum Gasteiger partial charge on any atom is 0.332 e. The summed E-state index contributed by atoms with van der Waals surface area (Å²) in [6.07, 6.45) is 0. The molecule has 0 atom stereocenters. The number of nitrogens with zero attached hydrogens (tertiary/aromatic N) is 2. The van der Waals surface area contributed by atoms with Crippen molar-refractivity contribution in [2.24, 2.45) is 0 Å². The Bertz CT molecular complexity index is 451. The smallest absolute Gasteiger partial charge is 0.312 e. The molecule has 1 aliphatic heterocycles. The van der Waals surface area contributed by atoms with Crippen molar-refractivity contribution in [3.8, 4) is 0 Å². The minimum atomic E-state index is -0.228. The van der Waals surface area contributed by atoms with E-state index >= 15 is 0 Å². The normalized spacial score (nSPS) is 16.2. The first-order valence-corrected chi connectivity index (χ1v) is 5.71. The van der Waals surface area contributed by atoms with Crippen LogP contribution >= 0.6 is 0 Å². The zero-order valence-corrected chi connectivity index (χ0v) is 10.3. The fourth-order valence-electron chi connectivity index (χ4n) is 1.87. The molecule has 1 aromatic carbocycles. The van der Waals surface area contributed by atoms with Gasteiger partial charge >= 0.3 is 6.03 Å². The zero-order valence-electron chi connectivity index (χ0n) is 10.3. The van der Waals surface area contributed by atoms with Crippen LogP contribution in [0, 0.1) is 6.92 Å². The average Bonchev–Trinajstić information content (AvgIpc) is 2.56. The summed E-state index contributed by atoms with van der Waals surface area (Å²) in [6, 6.07) is 7.21. The van der Waals surface area contributed by atoms with Crippen LogP contribution in [0.15, 0.2) is 24.3 Å². The van der Waals surface area contributed by atoms with E-state index in [1.54, 1.807) is 17.0 Å². The van der Waals surface area contributed by atoms with Gasteiger partial charge in [-0.25, -0.2) is 9.69 Å². The van der Waals surface area contributed by atoms with Gasteiger partial charge in [0.1, 0.15) is 6.54 Å².